The van der Waals surface area contributed by atoms with E-state index in [-0.39, 0.29) is 5.91 Å². The number of hydrogen-bond donors (Lipinski definition) is 2. The molecule has 1 atom stereocenters. The molecule has 0 radical (unpaired) electrons. The Morgan fingerprint density at radius 3 is 2.62 bits per heavy atom. The van der Waals surface area contributed by atoms with E-state index < -0.39 is 12.0 Å². The van der Waals surface area contributed by atoms with E-state index in [4.69, 9.17) is 4.74 Å². The molecule has 0 spiro atoms. The van der Waals surface area contributed by atoms with Gasteiger partial charge in [0.2, 0.25) is 5.91 Å². The first-order chi connectivity index (χ1) is 12.7. The highest BCUT2D eigenvalue weighted by Crippen LogP contribution is 2.19. The van der Waals surface area contributed by atoms with E-state index in [2.05, 4.69) is 10.3 Å². The van der Waals surface area contributed by atoms with Crippen LogP contribution in [0.5, 0.6) is 0 Å². The van der Waals surface area contributed by atoms with Gasteiger partial charge in [-0.25, -0.2) is 4.79 Å². The fourth-order valence-electron chi connectivity index (χ4n) is 2.81. The number of H-pyrrole nitrogens is 1. The number of methoxy groups -OCH3 is 1. The molecule has 1 unspecified atom stereocenters. The maximum atomic E-state index is 12.2. The first kappa shape index (κ1) is 17.5. The summed E-state index contributed by atoms with van der Waals surface area (Å²) in [6.45, 7) is 0. The molecule has 0 saturated carbocycles. The van der Waals surface area contributed by atoms with Gasteiger partial charge < -0.3 is 15.0 Å². The van der Waals surface area contributed by atoms with Gasteiger partial charge in [-0.15, -0.1) is 0 Å². The van der Waals surface area contributed by atoms with Gasteiger partial charge >= 0.3 is 5.97 Å². The molecule has 1 aromatic heterocycles. The van der Waals surface area contributed by atoms with E-state index in [1.807, 2.05) is 60.8 Å². The molecule has 2 N–H and O–H groups in total. The number of ether oxygens (including phenoxy) is 1. The van der Waals surface area contributed by atoms with E-state index in [1.54, 1.807) is 6.08 Å². The van der Waals surface area contributed by atoms with Crippen molar-refractivity contribution >= 4 is 28.9 Å². The number of amides is 1. The molecule has 0 saturated heterocycles. The third-order valence-corrected chi connectivity index (χ3v) is 4.13. The van der Waals surface area contributed by atoms with Crippen LogP contribution < -0.4 is 5.32 Å². The molecule has 26 heavy (non-hydrogen) atoms. The summed E-state index contributed by atoms with van der Waals surface area (Å²) in [6, 6.07) is 16.6. The Bertz CT molecular complexity index is 929. The van der Waals surface area contributed by atoms with Crippen LogP contribution in [-0.4, -0.2) is 30.0 Å². The second-order valence-electron chi connectivity index (χ2n) is 5.89. The van der Waals surface area contributed by atoms with Gasteiger partial charge in [0.05, 0.1) is 7.11 Å². The minimum absolute atomic E-state index is 0.343. The van der Waals surface area contributed by atoms with Gasteiger partial charge in [0.15, 0.2) is 0 Å². The van der Waals surface area contributed by atoms with Crippen LogP contribution in [0.2, 0.25) is 0 Å². The maximum Gasteiger partial charge on any atom is 0.328 e. The van der Waals surface area contributed by atoms with E-state index in [0.29, 0.717) is 6.42 Å². The summed E-state index contributed by atoms with van der Waals surface area (Å²) in [7, 11) is 1.32. The standard InChI is InChI=1S/C21H20N2O3/c1-26-21(25)19(13-16-14-22-18-10-6-5-9-17(16)18)23-20(24)12-11-15-7-3-2-4-8-15/h2-12,14,19,22H,13H2,1H3,(H,23,24)/b12-11+. The minimum atomic E-state index is -0.757. The van der Waals surface area contributed by atoms with Crippen LogP contribution in [0.1, 0.15) is 11.1 Å². The summed E-state index contributed by atoms with van der Waals surface area (Å²) < 4.78 is 4.85. The average molecular weight is 348 g/mol. The van der Waals surface area contributed by atoms with Gasteiger partial charge in [-0.05, 0) is 23.3 Å². The number of aromatic nitrogens is 1. The Balaban J connectivity index is 1.73. The predicted octanol–water partition coefficient (Wildman–Crippen LogP) is 3.08. The Labute approximate surface area is 151 Å². The third-order valence-electron chi connectivity index (χ3n) is 4.13. The van der Waals surface area contributed by atoms with Gasteiger partial charge in [0, 0.05) is 29.6 Å². The molecule has 0 fully saturated rings. The Kier molecular flexibility index (Phi) is 5.49. The molecule has 0 bridgehead atoms. The largest absolute Gasteiger partial charge is 0.467 e. The molecule has 1 amide bonds. The lowest BCUT2D eigenvalue weighted by Crippen LogP contribution is -2.42. The highest BCUT2D eigenvalue weighted by Gasteiger charge is 2.22. The van der Waals surface area contributed by atoms with Crippen molar-refractivity contribution in [3.8, 4) is 0 Å². The monoisotopic (exact) mass is 348 g/mol. The molecule has 132 valence electrons. The number of para-hydroxylation sites is 1. The Morgan fingerprint density at radius 1 is 1.12 bits per heavy atom. The topological polar surface area (TPSA) is 71.2 Å². The lowest BCUT2D eigenvalue weighted by molar-refractivity contribution is -0.144. The van der Waals surface area contributed by atoms with Crippen molar-refractivity contribution < 1.29 is 14.3 Å². The second kappa shape index (κ2) is 8.16. The fraction of sp³-hybridized carbons (Fsp3) is 0.143. The van der Waals surface area contributed by atoms with Crippen molar-refractivity contribution in [2.75, 3.05) is 7.11 Å². The van der Waals surface area contributed by atoms with E-state index in [0.717, 1.165) is 22.0 Å². The van der Waals surface area contributed by atoms with Crippen molar-refractivity contribution in [1.29, 1.82) is 0 Å². The number of benzene rings is 2. The summed E-state index contributed by atoms with van der Waals surface area (Å²) >= 11 is 0. The van der Waals surface area contributed by atoms with Gasteiger partial charge in [-0.2, -0.15) is 0 Å². The van der Waals surface area contributed by atoms with Crippen LogP contribution in [0.4, 0.5) is 0 Å². The summed E-state index contributed by atoms with van der Waals surface area (Å²) in [5, 5.41) is 3.75. The van der Waals surface area contributed by atoms with Crippen molar-refractivity contribution in [2.24, 2.45) is 0 Å². The first-order valence-electron chi connectivity index (χ1n) is 8.34. The zero-order valence-electron chi connectivity index (χ0n) is 14.4. The molecule has 3 aromatic rings. The van der Waals surface area contributed by atoms with E-state index >= 15 is 0 Å². The fourth-order valence-corrected chi connectivity index (χ4v) is 2.81. The normalized spacial score (nSPS) is 12.2. The van der Waals surface area contributed by atoms with Gasteiger partial charge in [-0.3, -0.25) is 4.79 Å². The number of nitrogens with one attached hydrogen (secondary N) is 2. The molecule has 1 heterocycles. The number of esters is 1. The van der Waals surface area contributed by atoms with Crippen LogP contribution in [0, 0.1) is 0 Å². The third kappa shape index (κ3) is 4.19. The minimum Gasteiger partial charge on any atom is -0.467 e. The van der Waals surface area contributed by atoms with E-state index in [1.165, 1.54) is 13.2 Å². The maximum absolute atomic E-state index is 12.2. The summed E-state index contributed by atoms with van der Waals surface area (Å²) in [5.41, 5.74) is 2.85. The van der Waals surface area contributed by atoms with Crippen LogP contribution in [0.25, 0.3) is 17.0 Å². The van der Waals surface area contributed by atoms with Crippen molar-refractivity contribution in [1.82, 2.24) is 10.3 Å². The van der Waals surface area contributed by atoms with Crippen LogP contribution in [-0.2, 0) is 20.7 Å². The zero-order chi connectivity index (χ0) is 18.4. The molecule has 5 heteroatoms. The molecule has 0 aliphatic rings. The number of carbonyl (C=O) groups excluding carboxylic acids is 2. The van der Waals surface area contributed by atoms with Crippen molar-refractivity contribution in [2.45, 2.75) is 12.5 Å². The first-order valence-corrected chi connectivity index (χ1v) is 8.34. The second-order valence-corrected chi connectivity index (χ2v) is 5.89. The van der Waals surface area contributed by atoms with Crippen molar-refractivity contribution in [3.05, 3.63) is 78.0 Å². The lowest BCUT2D eigenvalue weighted by Gasteiger charge is -2.15. The molecular formula is C21H20N2O3. The number of fused-ring (bicyclic) bond motifs is 1. The SMILES string of the molecule is COC(=O)C(Cc1c[nH]c2ccccc12)NC(=O)/C=C/c1ccccc1. The Morgan fingerprint density at radius 2 is 1.85 bits per heavy atom. The summed E-state index contributed by atoms with van der Waals surface area (Å²) in [6.07, 6.45) is 5.32. The van der Waals surface area contributed by atoms with Crippen LogP contribution in [0.3, 0.4) is 0 Å². The van der Waals surface area contributed by atoms with Crippen molar-refractivity contribution in [3.63, 3.8) is 0 Å². The highest BCUT2D eigenvalue weighted by molar-refractivity contribution is 5.95. The van der Waals surface area contributed by atoms with Gasteiger partial charge in [-0.1, -0.05) is 48.5 Å². The molecule has 3 rings (SSSR count). The zero-order valence-corrected chi connectivity index (χ0v) is 14.4. The number of rotatable bonds is 6. The number of aromatic amines is 1. The smallest absolute Gasteiger partial charge is 0.328 e. The molecule has 2 aromatic carbocycles. The van der Waals surface area contributed by atoms with Gasteiger partial charge in [0.1, 0.15) is 6.04 Å². The summed E-state index contributed by atoms with van der Waals surface area (Å²) in [5.74, 6) is -0.819. The predicted molar refractivity (Wildman–Crippen MR) is 101 cm³/mol. The van der Waals surface area contributed by atoms with Crippen LogP contribution in [0.15, 0.2) is 66.9 Å². The number of carbonyl (C=O) groups is 2. The summed E-state index contributed by atoms with van der Waals surface area (Å²) in [4.78, 5) is 27.5. The highest BCUT2D eigenvalue weighted by atomic mass is 16.5. The van der Waals surface area contributed by atoms with E-state index in [9.17, 15) is 9.59 Å². The molecular weight excluding hydrogens is 328 g/mol. The Hall–Kier alpha value is -3.34. The molecule has 0 aliphatic heterocycles. The molecule has 0 aliphatic carbocycles. The van der Waals surface area contributed by atoms with Gasteiger partial charge in [0.25, 0.3) is 0 Å². The number of hydrogen-bond acceptors (Lipinski definition) is 3. The van der Waals surface area contributed by atoms with Crippen LogP contribution >= 0.6 is 0 Å². The quantitative estimate of drug-likeness (QED) is 0.531. The molecule has 5 nitrogen and oxygen atoms in total. The lowest BCUT2D eigenvalue weighted by atomic mass is 10.0. The average Bonchev–Trinajstić information content (AvgIpc) is 3.09.